The predicted molar refractivity (Wildman–Crippen MR) is 71.2 cm³/mol. The van der Waals surface area contributed by atoms with E-state index in [4.69, 9.17) is 5.73 Å². The third-order valence-corrected chi connectivity index (χ3v) is 3.66. The van der Waals surface area contributed by atoms with Crippen LogP contribution in [0.5, 0.6) is 0 Å². The first-order valence-electron chi connectivity index (χ1n) is 6.53. The van der Waals surface area contributed by atoms with Gasteiger partial charge in [0.1, 0.15) is 0 Å². The molecular weight excluding hydrogens is 226 g/mol. The van der Waals surface area contributed by atoms with Gasteiger partial charge in [0, 0.05) is 12.2 Å². The zero-order valence-corrected chi connectivity index (χ0v) is 10.9. The number of rotatable bonds is 2. The van der Waals surface area contributed by atoms with Gasteiger partial charge in [0.25, 0.3) is 0 Å². The maximum atomic E-state index is 5.93. The summed E-state index contributed by atoms with van der Waals surface area (Å²) in [4.78, 5) is 7.08. The van der Waals surface area contributed by atoms with Gasteiger partial charge in [-0.05, 0) is 45.4 Å². The number of anilines is 1. The smallest absolute Gasteiger partial charge is 0.178 e. The summed E-state index contributed by atoms with van der Waals surface area (Å²) in [5, 5.41) is 4.57. The van der Waals surface area contributed by atoms with Crippen LogP contribution in [0.4, 0.5) is 5.69 Å². The van der Waals surface area contributed by atoms with Gasteiger partial charge in [0.15, 0.2) is 11.5 Å². The lowest BCUT2D eigenvalue weighted by Gasteiger charge is -2.25. The largest absolute Gasteiger partial charge is 0.396 e. The summed E-state index contributed by atoms with van der Waals surface area (Å²) in [6, 6.07) is 4.63. The summed E-state index contributed by atoms with van der Waals surface area (Å²) in [5.74, 6) is 0.902. The Bertz CT molecular complexity index is 560. The van der Waals surface area contributed by atoms with Gasteiger partial charge in [-0.2, -0.15) is 0 Å². The second kappa shape index (κ2) is 4.24. The summed E-state index contributed by atoms with van der Waals surface area (Å²) < 4.78 is 1.78. The zero-order chi connectivity index (χ0) is 12.7. The molecule has 2 aromatic rings. The summed E-state index contributed by atoms with van der Waals surface area (Å²) in [5.41, 5.74) is 7.38. The molecule has 0 saturated carbocycles. The summed E-state index contributed by atoms with van der Waals surface area (Å²) in [6.45, 7) is 5.58. The fourth-order valence-corrected chi connectivity index (χ4v) is 2.77. The molecular formula is C13H19N5. The molecule has 1 fully saturated rings. The Hall–Kier alpha value is -1.62. The fourth-order valence-electron chi connectivity index (χ4n) is 2.77. The Balaban J connectivity index is 2.01. The first kappa shape index (κ1) is 11.5. The number of hydrogen-bond acceptors (Lipinski definition) is 4. The van der Waals surface area contributed by atoms with Gasteiger partial charge in [0.2, 0.25) is 0 Å². The number of pyridine rings is 1. The van der Waals surface area contributed by atoms with Crippen LogP contribution in [-0.2, 0) is 0 Å². The average molecular weight is 245 g/mol. The standard InChI is InChI=1S/C13H19N5/c1-9(2)17-7-4-6-11(17)12-15-13-10(14)5-3-8-18(13)16-12/h3,5,8-9,11H,4,6-7,14H2,1-2H3. The molecule has 2 aromatic heterocycles. The summed E-state index contributed by atoms with van der Waals surface area (Å²) in [6.07, 6.45) is 4.25. The lowest BCUT2D eigenvalue weighted by Crippen LogP contribution is -2.30. The molecule has 3 rings (SSSR count). The Labute approximate surface area is 107 Å². The molecule has 0 bridgehead atoms. The number of likely N-dealkylation sites (tertiary alicyclic amines) is 1. The number of hydrogen-bond donors (Lipinski definition) is 1. The molecule has 1 unspecified atom stereocenters. The van der Waals surface area contributed by atoms with Crippen molar-refractivity contribution in [3.63, 3.8) is 0 Å². The fraction of sp³-hybridized carbons (Fsp3) is 0.538. The molecule has 18 heavy (non-hydrogen) atoms. The second-order valence-electron chi connectivity index (χ2n) is 5.19. The topological polar surface area (TPSA) is 59.5 Å². The highest BCUT2D eigenvalue weighted by Crippen LogP contribution is 2.32. The molecule has 0 aliphatic carbocycles. The van der Waals surface area contributed by atoms with Gasteiger partial charge >= 0.3 is 0 Å². The van der Waals surface area contributed by atoms with Crippen molar-refractivity contribution in [2.45, 2.75) is 38.8 Å². The van der Waals surface area contributed by atoms with E-state index in [0.29, 0.717) is 17.8 Å². The van der Waals surface area contributed by atoms with Crippen LogP contribution < -0.4 is 5.73 Å². The van der Waals surface area contributed by atoms with Crippen molar-refractivity contribution in [2.75, 3.05) is 12.3 Å². The summed E-state index contributed by atoms with van der Waals surface area (Å²) >= 11 is 0. The number of nitrogens with two attached hydrogens (primary N) is 1. The molecule has 5 heteroatoms. The van der Waals surface area contributed by atoms with Gasteiger partial charge in [-0.15, -0.1) is 5.10 Å². The third kappa shape index (κ3) is 1.75. The van der Waals surface area contributed by atoms with Crippen molar-refractivity contribution in [1.82, 2.24) is 19.5 Å². The van der Waals surface area contributed by atoms with E-state index >= 15 is 0 Å². The van der Waals surface area contributed by atoms with Crippen LogP contribution in [0, 0.1) is 0 Å². The van der Waals surface area contributed by atoms with Crippen LogP contribution in [0.25, 0.3) is 5.65 Å². The third-order valence-electron chi connectivity index (χ3n) is 3.66. The Morgan fingerprint density at radius 1 is 1.44 bits per heavy atom. The van der Waals surface area contributed by atoms with E-state index < -0.39 is 0 Å². The van der Waals surface area contributed by atoms with Gasteiger partial charge < -0.3 is 5.73 Å². The monoisotopic (exact) mass is 245 g/mol. The maximum Gasteiger partial charge on any atom is 0.178 e. The minimum atomic E-state index is 0.337. The van der Waals surface area contributed by atoms with E-state index in [1.165, 1.54) is 6.42 Å². The minimum absolute atomic E-state index is 0.337. The Kier molecular flexibility index (Phi) is 2.70. The molecule has 1 saturated heterocycles. The normalized spacial score (nSPS) is 21.2. The molecule has 1 aliphatic rings. The van der Waals surface area contributed by atoms with Gasteiger partial charge in [0.05, 0.1) is 11.7 Å². The average Bonchev–Trinajstić information content (AvgIpc) is 2.95. The Morgan fingerprint density at radius 2 is 2.28 bits per heavy atom. The first-order valence-corrected chi connectivity index (χ1v) is 6.53. The van der Waals surface area contributed by atoms with Crippen LogP contribution in [0.15, 0.2) is 18.3 Å². The van der Waals surface area contributed by atoms with E-state index in [0.717, 1.165) is 24.4 Å². The Morgan fingerprint density at radius 3 is 3.00 bits per heavy atom. The second-order valence-corrected chi connectivity index (χ2v) is 5.19. The van der Waals surface area contributed by atoms with Crippen molar-refractivity contribution in [3.05, 3.63) is 24.2 Å². The number of aromatic nitrogens is 3. The lowest BCUT2D eigenvalue weighted by atomic mass is 10.2. The number of fused-ring (bicyclic) bond motifs is 1. The zero-order valence-electron chi connectivity index (χ0n) is 10.9. The van der Waals surface area contributed by atoms with E-state index in [1.54, 1.807) is 4.52 Å². The minimum Gasteiger partial charge on any atom is -0.396 e. The van der Waals surface area contributed by atoms with E-state index in [9.17, 15) is 0 Å². The van der Waals surface area contributed by atoms with Crippen LogP contribution in [0.1, 0.15) is 38.6 Å². The van der Waals surface area contributed by atoms with Crippen molar-refractivity contribution in [2.24, 2.45) is 0 Å². The maximum absolute atomic E-state index is 5.93. The van der Waals surface area contributed by atoms with Crippen LogP contribution in [0.3, 0.4) is 0 Å². The predicted octanol–water partition coefficient (Wildman–Crippen LogP) is 1.86. The highest BCUT2D eigenvalue weighted by Gasteiger charge is 2.30. The first-order chi connectivity index (χ1) is 8.66. The van der Waals surface area contributed by atoms with Gasteiger partial charge in [-0.25, -0.2) is 9.50 Å². The van der Waals surface area contributed by atoms with E-state index in [2.05, 4.69) is 28.8 Å². The van der Waals surface area contributed by atoms with Crippen molar-refractivity contribution in [1.29, 1.82) is 0 Å². The van der Waals surface area contributed by atoms with Crippen LogP contribution >= 0.6 is 0 Å². The molecule has 2 N–H and O–H groups in total. The molecule has 0 aromatic carbocycles. The molecule has 96 valence electrons. The molecule has 3 heterocycles. The van der Waals surface area contributed by atoms with E-state index in [1.807, 2.05) is 18.3 Å². The van der Waals surface area contributed by atoms with Crippen LogP contribution in [0.2, 0.25) is 0 Å². The van der Waals surface area contributed by atoms with Crippen molar-refractivity contribution < 1.29 is 0 Å². The highest BCUT2D eigenvalue weighted by molar-refractivity contribution is 5.63. The highest BCUT2D eigenvalue weighted by atomic mass is 15.3. The molecule has 5 nitrogen and oxygen atoms in total. The quantitative estimate of drug-likeness (QED) is 0.877. The van der Waals surface area contributed by atoms with Crippen LogP contribution in [-0.4, -0.2) is 32.1 Å². The van der Waals surface area contributed by atoms with Gasteiger partial charge in [-0.3, -0.25) is 4.90 Å². The number of nitrogens with zero attached hydrogens (tertiary/aromatic N) is 4. The van der Waals surface area contributed by atoms with E-state index in [-0.39, 0.29) is 0 Å². The number of nitrogen functional groups attached to an aromatic ring is 1. The molecule has 0 radical (unpaired) electrons. The molecule has 1 atom stereocenters. The SMILES string of the molecule is CC(C)N1CCCC1c1nc2c(N)cccn2n1. The van der Waals surface area contributed by atoms with Gasteiger partial charge in [-0.1, -0.05) is 0 Å². The molecule has 1 aliphatic heterocycles. The molecule has 0 amide bonds. The molecule has 0 spiro atoms. The van der Waals surface area contributed by atoms with Crippen molar-refractivity contribution in [3.8, 4) is 0 Å². The lowest BCUT2D eigenvalue weighted by molar-refractivity contribution is 0.199. The van der Waals surface area contributed by atoms with Crippen molar-refractivity contribution >= 4 is 11.3 Å². The summed E-state index contributed by atoms with van der Waals surface area (Å²) in [7, 11) is 0.